The Hall–Kier alpha value is -1.59. The number of nitrogens with zero attached hydrogens (tertiary/aromatic N) is 1. The monoisotopic (exact) mass is 333 g/mol. The van der Waals surface area contributed by atoms with Crippen molar-refractivity contribution in [3.05, 3.63) is 35.4 Å². The third kappa shape index (κ3) is 6.89. The number of hydrogen-bond donors (Lipinski definition) is 2. The summed E-state index contributed by atoms with van der Waals surface area (Å²) in [5, 5.41) is 6.65. The van der Waals surface area contributed by atoms with Crippen LogP contribution in [0.3, 0.4) is 0 Å². The van der Waals surface area contributed by atoms with Gasteiger partial charge in [0.1, 0.15) is 0 Å². The third-order valence-corrected chi connectivity index (χ3v) is 4.04. The fourth-order valence-electron chi connectivity index (χ4n) is 2.52. The lowest BCUT2D eigenvalue weighted by Crippen LogP contribution is -2.38. The van der Waals surface area contributed by atoms with Crippen LogP contribution in [-0.4, -0.2) is 38.9 Å². The van der Waals surface area contributed by atoms with Crippen LogP contribution >= 0.6 is 0 Å². The molecule has 0 aliphatic carbocycles. The normalized spacial score (nSPS) is 16.4. The van der Waals surface area contributed by atoms with Gasteiger partial charge in [-0.2, -0.15) is 0 Å². The summed E-state index contributed by atoms with van der Waals surface area (Å²) in [7, 11) is 1.80. The molecule has 1 aliphatic rings. The maximum atomic E-state index is 5.95. The molecular formula is C19H31N3O2. The minimum Gasteiger partial charge on any atom is -0.381 e. The molecule has 1 fully saturated rings. The standard InChI is InChI=1S/C19H31N3O2/c1-15(2)12-21-19(20-3)22-13-16-4-6-17(7-5-16)14-24-18-8-10-23-11-9-18/h4-7,15,18H,8-14H2,1-3H3,(H2,20,21,22). The van der Waals surface area contributed by atoms with E-state index in [1.165, 1.54) is 11.1 Å². The molecule has 0 amide bonds. The van der Waals surface area contributed by atoms with Crippen molar-refractivity contribution in [3.8, 4) is 0 Å². The maximum Gasteiger partial charge on any atom is 0.191 e. The lowest BCUT2D eigenvalue weighted by Gasteiger charge is -2.22. The first-order chi connectivity index (χ1) is 11.7. The van der Waals surface area contributed by atoms with E-state index in [1.807, 2.05) is 0 Å². The van der Waals surface area contributed by atoms with Crippen molar-refractivity contribution < 1.29 is 9.47 Å². The fraction of sp³-hybridized carbons (Fsp3) is 0.632. The van der Waals surface area contributed by atoms with Crippen LogP contribution < -0.4 is 10.6 Å². The summed E-state index contributed by atoms with van der Waals surface area (Å²) >= 11 is 0. The average molecular weight is 333 g/mol. The smallest absolute Gasteiger partial charge is 0.191 e. The van der Waals surface area contributed by atoms with Crippen molar-refractivity contribution in [1.82, 2.24) is 10.6 Å². The maximum absolute atomic E-state index is 5.95. The molecule has 1 aromatic carbocycles. The Kier molecular flexibility index (Phi) is 8.05. The molecule has 2 rings (SSSR count). The summed E-state index contributed by atoms with van der Waals surface area (Å²) < 4.78 is 11.3. The summed E-state index contributed by atoms with van der Waals surface area (Å²) in [6.07, 6.45) is 2.35. The van der Waals surface area contributed by atoms with Crippen LogP contribution in [0, 0.1) is 5.92 Å². The van der Waals surface area contributed by atoms with Gasteiger partial charge in [-0.25, -0.2) is 0 Å². The second kappa shape index (κ2) is 10.3. The van der Waals surface area contributed by atoms with Gasteiger partial charge < -0.3 is 20.1 Å². The molecule has 1 heterocycles. The Bertz CT molecular complexity index is 494. The first kappa shape index (κ1) is 18.7. The van der Waals surface area contributed by atoms with Gasteiger partial charge in [0.2, 0.25) is 0 Å². The minimum absolute atomic E-state index is 0.343. The van der Waals surface area contributed by atoms with Gasteiger partial charge in [0.25, 0.3) is 0 Å². The number of ether oxygens (including phenoxy) is 2. The Morgan fingerprint density at radius 3 is 2.46 bits per heavy atom. The van der Waals surface area contributed by atoms with E-state index in [0.29, 0.717) is 18.6 Å². The summed E-state index contributed by atoms with van der Waals surface area (Å²) in [4.78, 5) is 4.24. The number of guanidine groups is 1. The number of rotatable bonds is 7. The van der Waals surface area contributed by atoms with Crippen LogP contribution in [0.2, 0.25) is 0 Å². The average Bonchev–Trinajstić information content (AvgIpc) is 2.62. The predicted octanol–water partition coefficient (Wildman–Crippen LogP) is 2.70. The van der Waals surface area contributed by atoms with Crippen molar-refractivity contribution in [2.24, 2.45) is 10.9 Å². The van der Waals surface area contributed by atoms with E-state index in [4.69, 9.17) is 9.47 Å². The van der Waals surface area contributed by atoms with Gasteiger partial charge in [0.15, 0.2) is 5.96 Å². The van der Waals surface area contributed by atoms with E-state index < -0.39 is 0 Å². The molecule has 5 heteroatoms. The topological polar surface area (TPSA) is 54.9 Å². The quantitative estimate of drug-likeness (QED) is 0.595. The van der Waals surface area contributed by atoms with E-state index >= 15 is 0 Å². The third-order valence-electron chi connectivity index (χ3n) is 4.04. The zero-order valence-electron chi connectivity index (χ0n) is 15.2. The van der Waals surface area contributed by atoms with Crippen LogP contribution in [0.5, 0.6) is 0 Å². The number of nitrogens with one attached hydrogen (secondary N) is 2. The van der Waals surface area contributed by atoms with E-state index in [9.17, 15) is 0 Å². The van der Waals surface area contributed by atoms with Crippen molar-refractivity contribution in [2.75, 3.05) is 26.8 Å². The second-order valence-electron chi connectivity index (χ2n) is 6.64. The molecule has 0 aromatic heterocycles. The first-order valence-electron chi connectivity index (χ1n) is 8.89. The van der Waals surface area contributed by atoms with Gasteiger partial charge in [-0.05, 0) is 29.9 Å². The summed E-state index contributed by atoms with van der Waals surface area (Å²) in [5.74, 6) is 1.44. The molecule has 5 nitrogen and oxygen atoms in total. The molecule has 0 atom stereocenters. The molecule has 2 N–H and O–H groups in total. The highest BCUT2D eigenvalue weighted by Gasteiger charge is 2.13. The molecule has 0 spiro atoms. The molecule has 1 aromatic rings. The second-order valence-corrected chi connectivity index (χ2v) is 6.64. The largest absolute Gasteiger partial charge is 0.381 e. The lowest BCUT2D eigenvalue weighted by atomic mass is 10.1. The van der Waals surface area contributed by atoms with Crippen LogP contribution in [0.15, 0.2) is 29.3 Å². The Morgan fingerprint density at radius 2 is 1.83 bits per heavy atom. The molecule has 0 radical (unpaired) electrons. The number of benzene rings is 1. The van der Waals surface area contributed by atoms with Gasteiger partial charge in [0.05, 0.1) is 12.7 Å². The predicted molar refractivity (Wildman–Crippen MR) is 98.1 cm³/mol. The lowest BCUT2D eigenvalue weighted by molar-refractivity contribution is -0.0390. The Balaban J connectivity index is 1.72. The van der Waals surface area contributed by atoms with Crippen LogP contribution in [0.4, 0.5) is 0 Å². The number of aliphatic imine (C=N–C) groups is 1. The molecular weight excluding hydrogens is 302 g/mol. The van der Waals surface area contributed by atoms with Gasteiger partial charge in [-0.1, -0.05) is 38.1 Å². The first-order valence-corrected chi connectivity index (χ1v) is 8.89. The van der Waals surface area contributed by atoms with E-state index in [1.54, 1.807) is 7.05 Å². The van der Waals surface area contributed by atoms with Crippen LogP contribution in [0.1, 0.15) is 37.8 Å². The van der Waals surface area contributed by atoms with E-state index in [0.717, 1.165) is 45.1 Å². The molecule has 0 unspecified atom stereocenters. The van der Waals surface area contributed by atoms with Gasteiger partial charge in [-0.3, -0.25) is 4.99 Å². The van der Waals surface area contributed by atoms with Crippen LogP contribution in [0.25, 0.3) is 0 Å². The van der Waals surface area contributed by atoms with Gasteiger partial charge in [-0.15, -0.1) is 0 Å². The zero-order valence-corrected chi connectivity index (χ0v) is 15.2. The Labute approximate surface area is 145 Å². The molecule has 1 saturated heterocycles. The molecule has 1 aliphatic heterocycles. The zero-order chi connectivity index (χ0) is 17.2. The molecule has 24 heavy (non-hydrogen) atoms. The van der Waals surface area contributed by atoms with Crippen LogP contribution in [-0.2, 0) is 22.6 Å². The fourth-order valence-corrected chi connectivity index (χ4v) is 2.52. The minimum atomic E-state index is 0.343. The van der Waals surface area contributed by atoms with Crippen molar-refractivity contribution in [3.63, 3.8) is 0 Å². The summed E-state index contributed by atoms with van der Waals surface area (Å²) in [6.45, 7) is 8.36. The van der Waals surface area contributed by atoms with Gasteiger partial charge in [0, 0.05) is 33.4 Å². The SMILES string of the molecule is CN=C(NCc1ccc(COC2CCOCC2)cc1)NCC(C)C. The van der Waals surface area contributed by atoms with Crippen molar-refractivity contribution >= 4 is 5.96 Å². The summed E-state index contributed by atoms with van der Waals surface area (Å²) in [6, 6.07) is 8.57. The van der Waals surface area contributed by atoms with Gasteiger partial charge >= 0.3 is 0 Å². The molecule has 0 saturated carbocycles. The van der Waals surface area contributed by atoms with Crippen molar-refractivity contribution in [1.29, 1.82) is 0 Å². The Morgan fingerprint density at radius 1 is 1.17 bits per heavy atom. The molecule has 0 bridgehead atoms. The van der Waals surface area contributed by atoms with E-state index in [2.05, 4.69) is 53.7 Å². The molecule has 134 valence electrons. The summed E-state index contributed by atoms with van der Waals surface area (Å²) in [5.41, 5.74) is 2.45. The number of hydrogen-bond acceptors (Lipinski definition) is 3. The highest BCUT2D eigenvalue weighted by molar-refractivity contribution is 5.79. The van der Waals surface area contributed by atoms with Crippen molar-refractivity contribution in [2.45, 2.75) is 45.9 Å². The highest BCUT2D eigenvalue weighted by atomic mass is 16.5. The van der Waals surface area contributed by atoms with E-state index in [-0.39, 0.29) is 0 Å². The highest BCUT2D eigenvalue weighted by Crippen LogP contribution is 2.14.